The molecule has 0 aliphatic heterocycles. The van der Waals surface area contributed by atoms with Gasteiger partial charge >= 0.3 is 0 Å². The van der Waals surface area contributed by atoms with Crippen molar-refractivity contribution in [3.05, 3.63) is 35.9 Å². The SMILES string of the molecule is COC(CNCCC(C)C)c1ccccc1. The summed E-state index contributed by atoms with van der Waals surface area (Å²) in [6.07, 6.45) is 1.37. The average Bonchev–Trinajstić information content (AvgIpc) is 2.30. The van der Waals surface area contributed by atoms with Crippen molar-refractivity contribution in [2.24, 2.45) is 5.92 Å². The van der Waals surface area contributed by atoms with Gasteiger partial charge in [-0.15, -0.1) is 0 Å². The highest BCUT2D eigenvalue weighted by Crippen LogP contribution is 2.14. The highest BCUT2D eigenvalue weighted by molar-refractivity contribution is 5.17. The molecule has 16 heavy (non-hydrogen) atoms. The molecule has 2 nitrogen and oxygen atoms in total. The maximum absolute atomic E-state index is 5.48. The largest absolute Gasteiger partial charge is 0.375 e. The fraction of sp³-hybridized carbons (Fsp3) is 0.571. The number of nitrogens with one attached hydrogen (secondary N) is 1. The summed E-state index contributed by atoms with van der Waals surface area (Å²) in [5.41, 5.74) is 1.24. The van der Waals surface area contributed by atoms with Gasteiger partial charge in [-0.2, -0.15) is 0 Å². The van der Waals surface area contributed by atoms with E-state index in [0.29, 0.717) is 0 Å². The van der Waals surface area contributed by atoms with E-state index in [-0.39, 0.29) is 6.10 Å². The van der Waals surface area contributed by atoms with E-state index in [9.17, 15) is 0 Å². The molecule has 0 radical (unpaired) electrons. The van der Waals surface area contributed by atoms with Gasteiger partial charge in [-0.05, 0) is 24.4 Å². The lowest BCUT2D eigenvalue weighted by molar-refractivity contribution is 0.102. The first-order valence-electron chi connectivity index (χ1n) is 6.02. The van der Waals surface area contributed by atoms with Crippen molar-refractivity contribution >= 4 is 0 Å². The summed E-state index contributed by atoms with van der Waals surface area (Å²) in [4.78, 5) is 0. The number of methoxy groups -OCH3 is 1. The molecule has 0 amide bonds. The van der Waals surface area contributed by atoms with Gasteiger partial charge in [0.1, 0.15) is 0 Å². The van der Waals surface area contributed by atoms with E-state index in [0.717, 1.165) is 19.0 Å². The van der Waals surface area contributed by atoms with E-state index in [1.807, 2.05) is 6.07 Å². The number of rotatable bonds is 7. The van der Waals surface area contributed by atoms with Crippen molar-refractivity contribution in [1.29, 1.82) is 0 Å². The van der Waals surface area contributed by atoms with Crippen LogP contribution in [0.3, 0.4) is 0 Å². The molecule has 0 heterocycles. The Balaban J connectivity index is 2.33. The fourth-order valence-electron chi connectivity index (χ4n) is 1.63. The molecule has 0 saturated carbocycles. The highest BCUT2D eigenvalue weighted by atomic mass is 16.5. The second kappa shape index (κ2) is 7.42. The molecule has 0 spiro atoms. The van der Waals surface area contributed by atoms with Crippen LogP contribution in [0.5, 0.6) is 0 Å². The molecule has 1 atom stereocenters. The summed E-state index contributed by atoms with van der Waals surface area (Å²) >= 11 is 0. The van der Waals surface area contributed by atoms with Gasteiger partial charge in [0.15, 0.2) is 0 Å². The van der Waals surface area contributed by atoms with Crippen LogP contribution in [-0.2, 0) is 4.74 Å². The van der Waals surface area contributed by atoms with Crippen molar-refractivity contribution in [3.63, 3.8) is 0 Å². The molecule has 0 aliphatic rings. The lowest BCUT2D eigenvalue weighted by atomic mass is 10.1. The Bertz CT molecular complexity index is 271. The summed E-state index contributed by atoms with van der Waals surface area (Å²) < 4.78 is 5.48. The third-order valence-electron chi connectivity index (χ3n) is 2.68. The van der Waals surface area contributed by atoms with Crippen molar-refractivity contribution in [2.45, 2.75) is 26.4 Å². The Morgan fingerprint density at radius 1 is 1.19 bits per heavy atom. The minimum absolute atomic E-state index is 0.161. The van der Waals surface area contributed by atoms with Gasteiger partial charge in [-0.25, -0.2) is 0 Å². The smallest absolute Gasteiger partial charge is 0.0945 e. The fourth-order valence-corrected chi connectivity index (χ4v) is 1.63. The molecular formula is C14H23NO. The monoisotopic (exact) mass is 221 g/mol. The van der Waals surface area contributed by atoms with E-state index in [2.05, 4.69) is 43.4 Å². The maximum atomic E-state index is 5.48. The van der Waals surface area contributed by atoms with Gasteiger partial charge in [0.05, 0.1) is 6.10 Å². The lowest BCUT2D eigenvalue weighted by Gasteiger charge is -2.16. The summed E-state index contributed by atoms with van der Waals surface area (Å²) in [5.74, 6) is 0.755. The van der Waals surface area contributed by atoms with E-state index >= 15 is 0 Å². The third-order valence-corrected chi connectivity index (χ3v) is 2.68. The summed E-state index contributed by atoms with van der Waals surface area (Å²) in [7, 11) is 1.77. The summed E-state index contributed by atoms with van der Waals surface area (Å²) in [6, 6.07) is 10.4. The first kappa shape index (κ1) is 13.2. The summed E-state index contributed by atoms with van der Waals surface area (Å²) in [6.45, 7) is 6.43. The zero-order chi connectivity index (χ0) is 11.8. The normalized spacial score (nSPS) is 13.0. The van der Waals surface area contributed by atoms with Crippen LogP contribution in [-0.4, -0.2) is 20.2 Å². The lowest BCUT2D eigenvalue weighted by Crippen LogP contribution is -2.24. The quantitative estimate of drug-likeness (QED) is 0.715. The zero-order valence-corrected chi connectivity index (χ0v) is 10.6. The van der Waals surface area contributed by atoms with Crippen LogP contribution >= 0.6 is 0 Å². The predicted molar refractivity (Wildman–Crippen MR) is 68.5 cm³/mol. The Morgan fingerprint density at radius 3 is 2.44 bits per heavy atom. The van der Waals surface area contributed by atoms with Crippen LogP contribution in [0, 0.1) is 5.92 Å². The first-order valence-corrected chi connectivity index (χ1v) is 6.02. The Kier molecular flexibility index (Phi) is 6.12. The van der Waals surface area contributed by atoms with Crippen LogP contribution in [0.1, 0.15) is 31.9 Å². The molecule has 1 N–H and O–H groups in total. The van der Waals surface area contributed by atoms with Gasteiger partial charge < -0.3 is 10.1 Å². The highest BCUT2D eigenvalue weighted by Gasteiger charge is 2.08. The Labute approximate surface area is 99.0 Å². The molecule has 0 fully saturated rings. The number of hydrogen-bond acceptors (Lipinski definition) is 2. The number of hydrogen-bond donors (Lipinski definition) is 1. The van der Waals surface area contributed by atoms with Crippen LogP contribution in [0.15, 0.2) is 30.3 Å². The maximum Gasteiger partial charge on any atom is 0.0945 e. The molecule has 0 aliphatic carbocycles. The average molecular weight is 221 g/mol. The van der Waals surface area contributed by atoms with Gasteiger partial charge in [0, 0.05) is 13.7 Å². The second-order valence-corrected chi connectivity index (χ2v) is 4.52. The van der Waals surface area contributed by atoms with Crippen molar-refractivity contribution < 1.29 is 4.74 Å². The number of ether oxygens (including phenoxy) is 1. The van der Waals surface area contributed by atoms with E-state index in [4.69, 9.17) is 4.74 Å². The van der Waals surface area contributed by atoms with E-state index < -0.39 is 0 Å². The molecule has 1 rings (SSSR count). The third kappa shape index (κ3) is 4.77. The minimum atomic E-state index is 0.161. The summed E-state index contributed by atoms with van der Waals surface area (Å²) in [5, 5.41) is 3.44. The van der Waals surface area contributed by atoms with Crippen molar-refractivity contribution in [3.8, 4) is 0 Å². The molecule has 90 valence electrons. The van der Waals surface area contributed by atoms with Crippen LogP contribution in [0.2, 0.25) is 0 Å². The standard InChI is InChI=1S/C14H23NO/c1-12(2)9-10-15-11-14(16-3)13-7-5-4-6-8-13/h4-8,12,14-15H,9-11H2,1-3H3. The Hall–Kier alpha value is -0.860. The molecule has 2 heteroatoms. The molecule has 1 unspecified atom stereocenters. The number of benzene rings is 1. The zero-order valence-electron chi connectivity index (χ0n) is 10.6. The van der Waals surface area contributed by atoms with Gasteiger partial charge in [0.2, 0.25) is 0 Å². The van der Waals surface area contributed by atoms with Gasteiger partial charge in [-0.1, -0.05) is 44.2 Å². The van der Waals surface area contributed by atoms with Gasteiger partial charge in [0.25, 0.3) is 0 Å². The van der Waals surface area contributed by atoms with Crippen molar-refractivity contribution in [2.75, 3.05) is 20.2 Å². The molecule has 1 aromatic rings. The van der Waals surface area contributed by atoms with Crippen LogP contribution in [0.25, 0.3) is 0 Å². The molecule has 0 aromatic heterocycles. The van der Waals surface area contributed by atoms with Crippen molar-refractivity contribution in [1.82, 2.24) is 5.32 Å². The van der Waals surface area contributed by atoms with Crippen LogP contribution < -0.4 is 5.32 Å². The Morgan fingerprint density at radius 2 is 1.88 bits per heavy atom. The predicted octanol–water partition coefficient (Wildman–Crippen LogP) is 3.01. The molecular weight excluding hydrogens is 198 g/mol. The molecule has 1 aromatic carbocycles. The minimum Gasteiger partial charge on any atom is -0.375 e. The molecule has 0 bridgehead atoms. The van der Waals surface area contributed by atoms with Crippen LogP contribution in [0.4, 0.5) is 0 Å². The van der Waals surface area contributed by atoms with E-state index in [1.165, 1.54) is 12.0 Å². The van der Waals surface area contributed by atoms with Gasteiger partial charge in [-0.3, -0.25) is 0 Å². The second-order valence-electron chi connectivity index (χ2n) is 4.52. The van der Waals surface area contributed by atoms with E-state index in [1.54, 1.807) is 7.11 Å². The first-order chi connectivity index (χ1) is 7.74. The topological polar surface area (TPSA) is 21.3 Å². The molecule has 0 saturated heterocycles.